The van der Waals surface area contributed by atoms with Crippen molar-refractivity contribution in [2.75, 3.05) is 10.6 Å². The molecule has 1 aromatic carbocycles. The van der Waals surface area contributed by atoms with Gasteiger partial charge in [0, 0.05) is 24.1 Å². The molecule has 140 valence electrons. The lowest BCUT2D eigenvalue weighted by Gasteiger charge is -2.19. The molecule has 1 aromatic heterocycles. The van der Waals surface area contributed by atoms with E-state index < -0.39 is 16.7 Å². The number of hydrogen-bond donors (Lipinski definition) is 2. The highest BCUT2D eigenvalue weighted by Gasteiger charge is 2.37. The number of amides is 2. The second-order valence-corrected chi connectivity index (χ2v) is 6.45. The molecule has 0 spiro atoms. The zero-order valence-electron chi connectivity index (χ0n) is 15.1. The van der Waals surface area contributed by atoms with Crippen LogP contribution in [0.5, 0.6) is 0 Å². The van der Waals surface area contributed by atoms with Crippen molar-refractivity contribution in [3.05, 3.63) is 57.9 Å². The Morgan fingerprint density at radius 3 is 2.70 bits per heavy atom. The van der Waals surface area contributed by atoms with Crippen LogP contribution >= 0.6 is 0 Å². The Kier molecular flexibility index (Phi) is 5.16. The van der Waals surface area contributed by atoms with Crippen LogP contribution in [0.1, 0.15) is 48.5 Å². The zero-order chi connectivity index (χ0) is 19.6. The number of nitrogens with zero attached hydrogens (tertiary/aromatic N) is 2. The summed E-state index contributed by atoms with van der Waals surface area (Å²) >= 11 is 0. The van der Waals surface area contributed by atoms with Gasteiger partial charge in [-0.2, -0.15) is 0 Å². The van der Waals surface area contributed by atoms with E-state index >= 15 is 0 Å². The maximum Gasteiger partial charge on any atom is 0.293 e. The predicted molar refractivity (Wildman–Crippen MR) is 101 cm³/mol. The number of nitro groups is 1. The van der Waals surface area contributed by atoms with Gasteiger partial charge in [0.15, 0.2) is 0 Å². The monoisotopic (exact) mass is 368 g/mol. The molecule has 8 heteroatoms. The molecule has 0 fully saturated rings. The van der Waals surface area contributed by atoms with Crippen LogP contribution in [-0.4, -0.2) is 21.7 Å². The molecule has 0 radical (unpaired) electrons. The molecule has 1 unspecified atom stereocenters. The highest BCUT2D eigenvalue weighted by molar-refractivity contribution is 6.08. The van der Waals surface area contributed by atoms with Crippen molar-refractivity contribution in [3.63, 3.8) is 0 Å². The number of nitrogens with one attached hydrogen (secondary N) is 2. The third kappa shape index (κ3) is 3.51. The van der Waals surface area contributed by atoms with Crippen molar-refractivity contribution in [2.45, 2.75) is 32.6 Å². The maximum atomic E-state index is 12.5. The normalized spacial score (nSPS) is 15.4. The second kappa shape index (κ2) is 7.53. The number of pyridine rings is 1. The molecular formula is C19H20N4O4. The van der Waals surface area contributed by atoms with E-state index in [-0.39, 0.29) is 28.8 Å². The molecule has 2 amide bonds. The van der Waals surface area contributed by atoms with E-state index in [1.807, 2.05) is 13.8 Å². The standard InChI is InChI=1S/C19H20N4O4/c1-3-11(4-2)17-13-8-16(23(26)27)15(9-14(13)21-19(17)25)22-18(24)12-6-5-7-20-10-12/h5-11,17H,3-4H2,1-2H3,(H,21,25)(H,22,24). The van der Waals surface area contributed by atoms with Crippen molar-refractivity contribution in [1.29, 1.82) is 0 Å². The number of hydrogen-bond acceptors (Lipinski definition) is 5. The van der Waals surface area contributed by atoms with Crippen molar-refractivity contribution >= 4 is 28.9 Å². The number of carbonyl (C=O) groups excluding carboxylic acids is 2. The van der Waals surface area contributed by atoms with Crippen LogP contribution in [0.4, 0.5) is 17.1 Å². The lowest BCUT2D eigenvalue weighted by Crippen LogP contribution is -2.20. The maximum absolute atomic E-state index is 12.5. The number of fused-ring (bicyclic) bond motifs is 1. The Bertz CT molecular complexity index is 894. The van der Waals surface area contributed by atoms with Crippen LogP contribution in [0, 0.1) is 16.0 Å². The van der Waals surface area contributed by atoms with E-state index in [0.717, 1.165) is 12.8 Å². The third-order valence-electron chi connectivity index (χ3n) is 4.93. The minimum absolute atomic E-state index is 0.0399. The first kappa shape index (κ1) is 18.5. The molecule has 0 bridgehead atoms. The largest absolute Gasteiger partial charge is 0.325 e. The Morgan fingerprint density at radius 1 is 1.37 bits per heavy atom. The molecule has 1 aliphatic heterocycles. The van der Waals surface area contributed by atoms with Gasteiger partial charge >= 0.3 is 0 Å². The van der Waals surface area contributed by atoms with Gasteiger partial charge in [-0.15, -0.1) is 0 Å². The van der Waals surface area contributed by atoms with E-state index in [4.69, 9.17) is 0 Å². The van der Waals surface area contributed by atoms with E-state index in [2.05, 4.69) is 15.6 Å². The molecule has 0 aliphatic carbocycles. The molecule has 1 aliphatic rings. The zero-order valence-corrected chi connectivity index (χ0v) is 15.1. The Balaban J connectivity index is 2.00. The summed E-state index contributed by atoms with van der Waals surface area (Å²) in [5.41, 5.74) is 1.20. The number of aromatic nitrogens is 1. The van der Waals surface area contributed by atoms with Gasteiger partial charge < -0.3 is 10.6 Å². The van der Waals surface area contributed by atoms with Crippen molar-refractivity contribution in [2.24, 2.45) is 5.92 Å². The molecule has 2 N–H and O–H groups in total. The summed E-state index contributed by atoms with van der Waals surface area (Å²) in [6.07, 6.45) is 4.49. The van der Waals surface area contributed by atoms with Crippen molar-refractivity contribution in [1.82, 2.24) is 4.98 Å². The number of carbonyl (C=O) groups is 2. The van der Waals surface area contributed by atoms with Crippen molar-refractivity contribution in [3.8, 4) is 0 Å². The average molecular weight is 368 g/mol. The summed E-state index contributed by atoms with van der Waals surface area (Å²) in [5, 5.41) is 16.9. The van der Waals surface area contributed by atoms with Gasteiger partial charge in [-0.25, -0.2) is 0 Å². The molecule has 0 saturated heterocycles. The van der Waals surface area contributed by atoms with Crippen LogP contribution in [0.25, 0.3) is 0 Å². The number of nitro benzene ring substituents is 1. The lowest BCUT2D eigenvalue weighted by molar-refractivity contribution is -0.384. The van der Waals surface area contributed by atoms with Crippen molar-refractivity contribution < 1.29 is 14.5 Å². The number of benzene rings is 1. The van der Waals surface area contributed by atoms with E-state index in [1.165, 1.54) is 24.5 Å². The van der Waals surface area contributed by atoms with Crippen LogP contribution in [-0.2, 0) is 4.79 Å². The molecule has 27 heavy (non-hydrogen) atoms. The van der Waals surface area contributed by atoms with Gasteiger partial charge in [0.05, 0.1) is 16.4 Å². The molecule has 8 nitrogen and oxygen atoms in total. The molecule has 3 rings (SSSR count). The first-order valence-corrected chi connectivity index (χ1v) is 8.80. The van der Waals surface area contributed by atoms with Gasteiger partial charge in [-0.1, -0.05) is 26.7 Å². The van der Waals surface area contributed by atoms with Crippen LogP contribution in [0.15, 0.2) is 36.7 Å². The Morgan fingerprint density at radius 2 is 2.11 bits per heavy atom. The molecule has 0 saturated carbocycles. The summed E-state index contributed by atoms with van der Waals surface area (Å²) in [5.74, 6) is -0.991. The van der Waals surface area contributed by atoms with Gasteiger partial charge in [-0.05, 0) is 29.7 Å². The minimum atomic E-state index is -0.550. The molecule has 2 aromatic rings. The second-order valence-electron chi connectivity index (χ2n) is 6.45. The summed E-state index contributed by atoms with van der Waals surface area (Å²) in [4.78, 5) is 39.7. The lowest BCUT2D eigenvalue weighted by atomic mass is 9.83. The van der Waals surface area contributed by atoms with Crippen LogP contribution in [0.3, 0.4) is 0 Å². The minimum Gasteiger partial charge on any atom is -0.325 e. The average Bonchev–Trinajstić information content (AvgIpc) is 2.98. The quantitative estimate of drug-likeness (QED) is 0.596. The van der Waals surface area contributed by atoms with Gasteiger partial charge in [-0.3, -0.25) is 24.7 Å². The first-order chi connectivity index (χ1) is 13.0. The molecule has 1 atom stereocenters. The molecule has 2 heterocycles. The predicted octanol–water partition coefficient (Wildman–Crippen LogP) is 3.71. The van der Waals surface area contributed by atoms with Crippen LogP contribution in [0.2, 0.25) is 0 Å². The summed E-state index contributed by atoms with van der Waals surface area (Å²) < 4.78 is 0. The fourth-order valence-electron chi connectivity index (χ4n) is 3.49. The Hall–Kier alpha value is -3.29. The van der Waals surface area contributed by atoms with Gasteiger partial charge in [0.2, 0.25) is 5.91 Å². The SMILES string of the molecule is CCC(CC)C1C(=O)Nc2cc(NC(=O)c3cccnc3)c([N+](=O)[O-])cc21. The smallest absolute Gasteiger partial charge is 0.293 e. The highest BCUT2D eigenvalue weighted by atomic mass is 16.6. The summed E-state index contributed by atoms with van der Waals surface area (Å²) in [6.45, 7) is 3.99. The van der Waals surface area contributed by atoms with Gasteiger partial charge in [0.1, 0.15) is 5.69 Å². The first-order valence-electron chi connectivity index (χ1n) is 8.80. The van der Waals surface area contributed by atoms with E-state index in [9.17, 15) is 19.7 Å². The van der Waals surface area contributed by atoms with E-state index in [0.29, 0.717) is 11.3 Å². The summed E-state index contributed by atoms with van der Waals surface area (Å²) in [7, 11) is 0. The highest BCUT2D eigenvalue weighted by Crippen LogP contribution is 2.44. The Labute approximate surface area is 156 Å². The third-order valence-corrected chi connectivity index (χ3v) is 4.93. The fourth-order valence-corrected chi connectivity index (χ4v) is 3.49. The number of anilines is 2. The van der Waals surface area contributed by atoms with Gasteiger partial charge in [0.25, 0.3) is 11.6 Å². The molecular weight excluding hydrogens is 348 g/mol. The topological polar surface area (TPSA) is 114 Å². The number of rotatable bonds is 6. The van der Waals surface area contributed by atoms with Crippen LogP contribution < -0.4 is 10.6 Å². The van der Waals surface area contributed by atoms with E-state index in [1.54, 1.807) is 12.1 Å². The fraction of sp³-hybridized carbons (Fsp3) is 0.316. The summed E-state index contributed by atoms with van der Waals surface area (Å²) in [6, 6.07) is 6.02.